The Morgan fingerprint density at radius 1 is 0.879 bits per heavy atom. The highest BCUT2D eigenvalue weighted by atomic mass is 16.1. The van der Waals surface area contributed by atoms with Gasteiger partial charge in [-0.25, -0.2) is 0 Å². The molecule has 5 rings (SSSR count). The number of hydrogen-bond donors (Lipinski definition) is 0. The second-order valence-corrected chi connectivity index (χ2v) is 15.6. The Bertz CT molecular complexity index is 853. The van der Waals surface area contributed by atoms with Crippen LogP contribution in [0.2, 0.25) is 0 Å². The van der Waals surface area contributed by atoms with Crippen molar-refractivity contribution in [3.63, 3.8) is 0 Å². The molecule has 0 radical (unpaired) electrons. The second-order valence-electron chi connectivity index (χ2n) is 15.6. The maximum Gasteiger partial charge on any atom is 0.120 e. The molecule has 0 aliphatic heterocycles. The van der Waals surface area contributed by atoms with Crippen LogP contribution in [-0.2, 0) is 4.79 Å². The first-order chi connectivity index (χ1) is 15.3. The van der Waals surface area contributed by atoms with E-state index in [2.05, 4.69) is 61.5 Å². The molecule has 0 aromatic carbocycles. The van der Waals surface area contributed by atoms with Gasteiger partial charge in [-0.2, -0.15) is 0 Å². The summed E-state index contributed by atoms with van der Waals surface area (Å²) in [6.07, 6.45) is 18.2. The third kappa shape index (κ3) is 3.05. The molecule has 0 aromatic heterocycles. The van der Waals surface area contributed by atoms with Crippen LogP contribution in [0.1, 0.15) is 126 Å². The third-order valence-corrected chi connectivity index (χ3v) is 14.1. The number of fused-ring (bicyclic) bond motifs is 7. The average molecular weight is 453 g/mol. The highest BCUT2D eigenvalue weighted by molar-refractivity contribution is 5.51. The molecule has 1 heteroatoms. The van der Waals surface area contributed by atoms with Crippen molar-refractivity contribution >= 4 is 6.29 Å². The third-order valence-electron chi connectivity index (χ3n) is 14.1. The van der Waals surface area contributed by atoms with Crippen molar-refractivity contribution < 1.29 is 4.79 Å². The zero-order valence-corrected chi connectivity index (χ0v) is 23.2. The summed E-state index contributed by atoms with van der Waals surface area (Å²) in [5, 5.41) is 0. The smallest absolute Gasteiger partial charge is 0.120 e. The first-order valence-corrected chi connectivity index (χ1v) is 14.4. The maximum absolute atomic E-state index is 11.5. The largest absolute Gasteiger partial charge is 0.303 e. The molecule has 9 atom stereocenters. The van der Waals surface area contributed by atoms with Crippen LogP contribution >= 0.6 is 0 Å². The van der Waals surface area contributed by atoms with Crippen molar-refractivity contribution in [3.05, 3.63) is 11.6 Å². The topological polar surface area (TPSA) is 17.1 Å². The highest BCUT2D eigenvalue weighted by Crippen LogP contribution is 2.76. The average Bonchev–Trinajstić information content (AvgIpc) is 2.73. The minimum atomic E-state index is 0.204. The van der Waals surface area contributed by atoms with Crippen LogP contribution in [0, 0.1) is 56.2 Å². The van der Waals surface area contributed by atoms with Gasteiger partial charge in [0.1, 0.15) is 6.29 Å². The molecule has 0 amide bonds. The number of carbonyl (C=O) groups is 1. The zero-order valence-electron chi connectivity index (χ0n) is 23.2. The quantitative estimate of drug-likeness (QED) is 0.302. The molecule has 0 spiro atoms. The van der Waals surface area contributed by atoms with E-state index in [1.165, 1.54) is 70.5 Å². The van der Waals surface area contributed by atoms with Crippen molar-refractivity contribution in [1.29, 1.82) is 0 Å². The van der Waals surface area contributed by atoms with E-state index in [0.29, 0.717) is 33.0 Å². The molecule has 1 nitrogen and oxygen atoms in total. The van der Waals surface area contributed by atoms with Crippen LogP contribution < -0.4 is 0 Å². The molecule has 4 saturated carbocycles. The van der Waals surface area contributed by atoms with Gasteiger partial charge in [-0.05, 0) is 120 Å². The van der Waals surface area contributed by atoms with Crippen molar-refractivity contribution in [2.45, 2.75) is 126 Å². The molecule has 4 fully saturated rings. The number of aldehydes is 1. The van der Waals surface area contributed by atoms with Gasteiger partial charge < -0.3 is 4.79 Å². The molecule has 186 valence electrons. The summed E-state index contributed by atoms with van der Waals surface area (Å²) < 4.78 is 0. The lowest BCUT2D eigenvalue weighted by Crippen LogP contribution is -2.63. The number of rotatable bonds is 2. The van der Waals surface area contributed by atoms with Crippen LogP contribution in [0.5, 0.6) is 0 Å². The molecular weight excluding hydrogens is 400 g/mol. The van der Waals surface area contributed by atoms with E-state index in [1.54, 1.807) is 0 Å². The minimum absolute atomic E-state index is 0.204. The van der Waals surface area contributed by atoms with Crippen LogP contribution in [0.3, 0.4) is 0 Å². The molecule has 5 aliphatic rings. The summed E-state index contributed by atoms with van der Waals surface area (Å²) in [7, 11) is 0. The Morgan fingerprint density at radius 2 is 1.58 bits per heavy atom. The Balaban J connectivity index is 1.55. The summed E-state index contributed by atoms with van der Waals surface area (Å²) in [4.78, 5) is 11.5. The molecule has 0 saturated heterocycles. The van der Waals surface area contributed by atoms with Gasteiger partial charge in [0.05, 0.1) is 0 Å². The number of carbonyl (C=O) groups excluding carboxylic acids is 1. The monoisotopic (exact) mass is 452 g/mol. The molecular formula is C32H52O. The van der Waals surface area contributed by atoms with E-state index in [0.717, 1.165) is 24.2 Å². The second kappa shape index (κ2) is 7.22. The fourth-order valence-electron chi connectivity index (χ4n) is 11.0. The predicted octanol–water partition coefficient (Wildman–Crippen LogP) is 9.01. The normalized spacial score (nSPS) is 55.3. The van der Waals surface area contributed by atoms with Crippen LogP contribution in [0.15, 0.2) is 11.6 Å². The van der Waals surface area contributed by atoms with Crippen LogP contribution in [0.4, 0.5) is 0 Å². The molecule has 33 heavy (non-hydrogen) atoms. The Morgan fingerprint density at radius 3 is 2.27 bits per heavy atom. The van der Waals surface area contributed by atoms with Crippen molar-refractivity contribution in [1.82, 2.24) is 0 Å². The van der Waals surface area contributed by atoms with Gasteiger partial charge in [0.15, 0.2) is 0 Å². The van der Waals surface area contributed by atoms with Crippen LogP contribution in [-0.4, -0.2) is 6.29 Å². The van der Waals surface area contributed by atoms with Crippen molar-refractivity contribution in [2.24, 2.45) is 56.2 Å². The van der Waals surface area contributed by atoms with E-state index in [-0.39, 0.29) is 5.41 Å². The fraction of sp³-hybridized carbons (Fsp3) is 0.906. The SMILES string of the molecule is C[C@H]1CC[C@]2(C)C3CC=C4[C@@H]5C[C@@](C)(CC=O)CC[C@]5(C)CC[C@@]4(C)[C@]3(C)CC[C@H]2C1(C)C. The lowest BCUT2D eigenvalue weighted by molar-refractivity contribution is -0.190. The number of allylic oxidation sites excluding steroid dienone is 2. The van der Waals surface area contributed by atoms with Crippen LogP contribution in [0.25, 0.3) is 0 Å². The van der Waals surface area contributed by atoms with Crippen molar-refractivity contribution in [3.8, 4) is 0 Å². The van der Waals surface area contributed by atoms with Gasteiger partial charge in [-0.1, -0.05) is 67.0 Å². The van der Waals surface area contributed by atoms with Gasteiger partial charge in [0.25, 0.3) is 0 Å². The van der Waals surface area contributed by atoms with E-state index in [4.69, 9.17) is 0 Å². The van der Waals surface area contributed by atoms with Crippen molar-refractivity contribution in [2.75, 3.05) is 0 Å². The van der Waals surface area contributed by atoms with Gasteiger partial charge in [0.2, 0.25) is 0 Å². The summed E-state index contributed by atoms with van der Waals surface area (Å²) in [6, 6.07) is 0. The Labute approximate surface area is 204 Å². The lowest BCUT2D eigenvalue weighted by Gasteiger charge is -2.71. The predicted molar refractivity (Wildman–Crippen MR) is 139 cm³/mol. The Hall–Kier alpha value is -0.590. The summed E-state index contributed by atoms with van der Waals surface area (Å²) in [6.45, 7) is 20.8. The molecule has 0 aromatic rings. The van der Waals surface area contributed by atoms with Gasteiger partial charge in [-0.3, -0.25) is 0 Å². The summed E-state index contributed by atoms with van der Waals surface area (Å²) >= 11 is 0. The van der Waals surface area contributed by atoms with Gasteiger partial charge in [-0.15, -0.1) is 0 Å². The summed E-state index contributed by atoms with van der Waals surface area (Å²) in [5.74, 6) is 3.21. The Kier molecular flexibility index (Phi) is 5.28. The van der Waals surface area contributed by atoms with E-state index < -0.39 is 0 Å². The van der Waals surface area contributed by atoms with E-state index in [1.807, 2.05) is 5.57 Å². The van der Waals surface area contributed by atoms with Gasteiger partial charge in [0, 0.05) is 6.42 Å². The number of hydrogen-bond acceptors (Lipinski definition) is 1. The standard InChI is InChI=1S/C32H52O/c1-22-11-13-30(6)25(27(22,2)3)12-14-32(8)26(30)10-9-23-24-21-28(4,19-20-33)15-16-29(24,5)17-18-31(23,32)7/h9,20,22,24-26H,10-19,21H2,1-8H3/t22-,24-,25-,26?,28+,29+,30-,31+,32+/m0/s1. The molecule has 0 heterocycles. The van der Waals surface area contributed by atoms with E-state index in [9.17, 15) is 4.79 Å². The molecule has 0 N–H and O–H groups in total. The van der Waals surface area contributed by atoms with Gasteiger partial charge >= 0.3 is 0 Å². The fourth-order valence-corrected chi connectivity index (χ4v) is 11.0. The highest BCUT2D eigenvalue weighted by Gasteiger charge is 2.67. The molecule has 0 bridgehead atoms. The molecule has 5 aliphatic carbocycles. The first-order valence-electron chi connectivity index (χ1n) is 14.4. The molecule has 1 unspecified atom stereocenters. The maximum atomic E-state index is 11.5. The first kappa shape index (κ1) is 24.1. The van der Waals surface area contributed by atoms with E-state index >= 15 is 0 Å². The minimum Gasteiger partial charge on any atom is -0.303 e. The zero-order chi connectivity index (χ0) is 24.1. The lowest BCUT2D eigenvalue weighted by atomic mass is 9.33. The summed E-state index contributed by atoms with van der Waals surface area (Å²) in [5.41, 5.74) is 4.17.